The van der Waals surface area contributed by atoms with Gasteiger partial charge in [0.1, 0.15) is 24.2 Å². The molecule has 0 bridgehead atoms. The summed E-state index contributed by atoms with van der Waals surface area (Å²) in [5, 5.41) is 2.84. The lowest BCUT2D eigenvalue weighted by Gasteiger charge is -2.33. The van der Waals surface area contributed by atoms with Crippen molar-refractivity contribution in [1.82, 2.24) is 10.2 Å². The number of hydrogen-bond donors (Lipinski definition) is 1. The molecular formula is C29H33F2N3O4S. The highest BCUT2D eigenvalue weighted by atomic mass is 32.2. The molecule has 0 radical (unpaired) electrons. The predicted molar refractivity (Wildman–Crippen MR) is 146 cm³/mol. The van der Waals surface area contributed by atoms with E-state index in [2.05, 4.69) is 5.32 Å². The van der Waals surface area contributed by atoms with Crippen molar-refractivity contribution in [1.29, 1.82) is 0 Å². The Kier molecular flexibility index (Phi) is 10.2. The summed E-state index contributed by atoms with van der Waals surface area (Å²) >= 11 is 0. The molecule has 10 heteroatoms. The van der Waals surface area contributed by atoms with Crippen LogP contribution >= 0.6 is 0 Å². The van der Waals surface area contributed by atoms with E-state index in [-0.39, 0.29) is 35.4 Å². The third kappa shape index (κ3) is 7.86. The fraction of sp³-hybridized carbons (Fsp3) is 0.310. The number of sulfonamides is 1. The van der Waals surface area contributed by atoms with E-state index < -0.39 is 40.2 Å². The second-order valence-electron chi connectivity index (χ2n) is 9.51. The summed E-state index contributed by atoms with van der Waals surface area (Å²) in [6.07, 6.45) is 0.263. The predicted octanol–water partition coefficient (Wildman–Crippen LogP) is 4.74. The van der Waals surface area contributed by atoms with Gasteiger partial charge in [0.2, 0.25) is 11.8 Å². The van der Waals surface area contributed by atoms with Gasteiger partial charge in [-0.15, -0.1) is 0 Å². The van der Waals surface area contributed by atoms with Crippen molar-refractivity contribution in [2.24, 2.45) is 5.92 Å². The zero-order valence-electron chi connectivity index (χ0n) is 22.2. The number of carbonyl (C=O) groups excluding carboxylic acids is 2. The van der Waals surface area contributed by atoms with Gasteiger partial charge < -0.3 is 10.2 Å². The van der Waals surface area contributed by atoms with E-state index in [4.69, 9.17) is 0 Å². The first-order valence-electron chi connectivity index (χ1n) is 12.7. The third-order valence-corrected chi connectivity index (χ3v) is 7.85. The van der Waals surface area contributed by atoms with Crippen molar-refractivity contribution in [2.45, 2.75) is 44.7 Å². The van der Waals surface area contributed by atoms with Crippen molar-refractivity contribution < 1.29 is 26.8 Å². The molecule has 2 amide bonds. The molecule has 0 spiro atoms. The van der Waals surface area contributed by atoms with Crippen molar-refractivity contribution in [3.05, 3.63) is 96.1 Å². The van der Waals surface area contributed by atoms with Crippen molar-refractivity contribution in [3.63, 3.8) is 0 Å². The van der Waals surface area contributed by atoms with Crippen LogP contribution < -0.4 is 9.62 Å². The van der Waals surface area contributed by atoms with Gasteiger partial charge in [-0.2, -0.15) is 0 Å². The minimum absolute atomic E-state index is 0.0463. The molecule has 1 N–H and O–H groups in total. The molecule has 3 aromatic carbocycles. The maximum atomic E-state index is 13.9. The summed E-state index contributed by atoms with van der Waals surface area (Å²) in [6, 6.07) is 17.0. The van der Waals surface area contributed by atoms with Crippen LogP contribution in [0.2, 0.25) is 0 Å². The number of anilines is 1. The lowest BCUT2D eigenvalue weighted by molar-refractivity contribution is -0.140. The molecular weight excluding hydrogens is 524 g/mol. The molecule has 0 aliphatic rings. The first kappa shape index (κ1) is 29.8. The molecule has 0 fully saturated rings. The van der Waals surface area contributed by atoms with E-state index in [1.807, 2.05) is 13.8 Å². The molecule has 7 nitrogen and oxygen atoms in total. The SMILES string of the molecule is CCC(C(=O)NCC(C)C)N(Cc1ccc(F)cc1)C(=O)CN(c1ccc(F)cc1)S(=O)(=O)c1ccccc1. The lowest BCUT2D eigenvalue weighted by Crippen LogP contribution is -2.52. The average Bonchev–Trinajstić information content (AvgIpc) is 2.92. The Morgan fingerprint density at radius 3 is 1.97 bits per heavy atom. The van der Waals surface area contributed by atoms with Gasteiger partial charge in [-0.25, -0.2) is 17.2 Å². The summed E-state index contributed by atoms with van der Waals surface area (Å²) in [6.45, 7) is 5.35. The fourth-order valence-electron chi connectivity index (χ4n) is 3.98. The molecule has 3 aromatic rings. The van der Waals surface area contributed by atoms with Gasteiger partial charge in [-0.05, 0) is 66.4 Å². The topological polar surface area (TPSA) is 86.8 Å². The van der Waals surface area contributed by atoms with E-state index in [1.54, 1.807) is 25.1 Å². The quantitative estimate of drug-likeness (QED) is 0.349. The molecule has 3 rings (SSSR count). The minimum Gasteiger partial charge on any atom is -0.354 e. The highest BCUT2D eigenvalue weighted by Gasteiger charge is 2.33. The van der Waals surface area contributed by atoms with Crippen LogP contribution in [0.5, 0.6) is 0 Å². The Hall–Kier alpha value is -3.79. The summed E-state index contributed by atoms with van der Waals surface area (Å²) in [7, 11) is -4.23. The first-order valence-corrected chi connectivity index (χ1v) is 14.1. The maximum Gasteiger partial charge on any atom is 0.264 e. The van der Waals surface area contributed by atoms with Crippen molar-refractivity contribution in [2.75, 3.05) is 17.4 Å². The number of nitrogens with one attached hydrogen (secondary N) is 1. The normalized spacial score (nSPS) is 12.2. The first-order chi connectivity index (χ1) is 18.5. The van der Waals surface area contributed by atoms with Gasteiger partial charge in [0, 0.05) is 13.1 Å². The average molecular weight is 558 g/mol. The number of rotatable bonds is 12. The van der Waals surface area contributed by atoms with Gasteiger partial charge in [-0.3, -0.25) is 13.9 Å². The fourth-order valence-corrected chi connectivity index (χ4v) is 5.42. The lowest BCUT2D eigenvalue weighted by atomic mass is 10.1. The van der Waals surface area contributed by atoms with Crippen LogP contribution in [-0.4, -0.2) is 44.3 Å². The number of hydrogen-bond acceptors (Lipinski definition) is 4. The van der Waals surface area contributed by atoms with Crippen LogP contribution in [0.4, 0.5) is 14.5 Å². The minimum atomic E-state index is -4.23. The Morgan fingerprint density at radius 1 is 0.872 bits per heavy atom. The Bertz CT molecular complexity index is 1350. The van der Waals surface area contributed by atoms with Crippen LogP contribution in [-0.2, 0) is 26.2 Å². The summed E-state index contributed by atoms with van der Waals surface area (Å²) in [5.74, 6) is -1.85. The van der Waals surface area contributed by atoms with Crippen LogP contribution in [0.25, 0.3) is 0 Å². The van der Waals surface area contributed by atoms with Crippen LogP contribution in [0.1, 0.15) is 32.8 Å². The molecule has 208 valence electrons. The monoisotopic (exact) mass is 557 g/mol. The van der Waals surface area contributed by atoms with Crippen molar-refractivity contribution in [3.8, 4) is 0 Å². The largest absolute Gasteiger partial charge is 0.354 e. The van der Waals surface area contributed by atoms with Gasteiger partial charge in [-0.1, -0.05) is 51.1 Å². The molecule has 1 unspecified atom stereocenters. The number of nitrogens with zero attached hydrogens (tertiary/aromatic N) is 2. The van der Waals surface area contributed by atoms with Gasteiger partial charge >= 0.3 is 0 Å². The maximum absolute atomic E-state index is 13.9. The highest BCUT2D eigenvalue weighted by Crippen LogP contribution is 2.25. The molecule has 0 heterocycles. The molecule has 0 aliphatic carbocycles. The molecule has 39 heavy (non-hydrogen) atoms. The van der Waals surface area contributed by atoms with Crippen molar-refractivity contribution >= 4 is 27.5 Å². The highest BCUT2D eigenvalue weighted by molar-refractivity contribution is 7.92. The molecule has 0 saturated heterocycles. The second kappa shape index (κ2) is 13.3. The Morgan fingerprint density at radius 2 is 1.44 bits per heavy atom. The Balaban J connectivity index is 2.02. The standard InChI is InChI=1S/C29H33F2N3O4S/c1-4-27(29(36)32-18-21(2)3)33(19-22-10-12-23(30)13-11-22)28(35)20-34(25-16-14-24(31)15-17-25)39(37,38)26-8-6-5-7-9-26/h5-17,21,27H,4,18-20H2,1-3H3,(H,32,36). The molecule has 0 aliphatic heterocycles. The summed E-state index contributed by atoms with van der Waals surface area (Å²) in [4.78, 5) is 28.3. The van der Waals surface area contributed by atoms with E-state index in [1.165, 1.54) is 53.4 Å². The summed E-state index contributed by atoms with van der Waals surface area (Å²) < 4.78 is 55.5. The second-order valence-corrected chi connectivity index (χ2v) is 11.4. The van der Waals surface area contributed by atoms with E-state index >= 15 is 0 Å². The van der Waals surface area contributed by atoms with Gasteiger partial charge in [0.25, 0.3) is 10.0 Å². The van der Waals surface area contributed by atoms with E-state index in [0.29, 0.717) is 12.1 Å². The molecule has 0 saturated carbocycles. The van der Waals surface area contributed by atoms with Crippen LogP contribution in [0, 0.1) is 17.6 Å². The third-order valence-electron chi connectivity index (χ3n) is 6.06. The Labute approximate surface area is 228 Å². The molecule has 1 atom stereocenters. The van der Waals surface area contributed by atoms with Crippen LogP contribution in [0.3, 0.4) is 0 Å². The number of halogens is 2. The summed E-state index contributed by atoms with van der Waals surface area (Å²) in [5.41, 5.74) is 0.659. The zero-order chi connectivity index (χ0) is 28.6. The van der Waals surface area contributed by atoms with Crippen LogP contribution in [0.15, 0.2) is 83.8 Å². The number of carbonyl (C=O) groups is 2. The smallest absolute Gasteiger partial charge is 0.264 e. The molecule has 0 aromatic heterocycles. The number of benzene rings is 3. The van der Waals surface area contributed by atoms with E-state index in [9.17, 15) is 26.8 Å². The van der Waals surface area contributed by atoms with Gasteiger partial charge in [0.15, 0.2) is 0 Å². The number of amides is 2. The zero-order valence-corrected chi connectivity index (χ0v) is 23.0. The van der Waals surface area contributed by atoms with Gasteiger partial charge in [0.05, 0.1) is 10.6 Å². The van der Waals surface area contributed by atoms with E-state index in [0.717, 1.165) is 16.4 Å².